The Morgan fingerprint density at radius 1 is 1.04 bits per heavy atom. The molecule has 3 aromatic carbocycles. The molecule has 2 amide bonds. The van der Waals surface area contributed by atoms with Crippen LogP contribution in [0.25, 0.3) is 16.9 Å². The smallest absolute Gasteiger partial charge is 0.333 e. The molecule has 1 unspecified atom stereocenters. The van der Waals surface area contributed by atoms with Gasteiger partial charge in [0.25, 0.3) is 11.8 Å². The zero-order chi connectivity index (χ0) is 34.2. The van der Waals surface area contributed by atoms with E-state index in [1.54, 1.807) is 46.1 Å². The van der Waals surface area contributed by atoms with Crippen molar-refractivity contribution in [3.8, 4) is 22.7 Å². The number of carbonyl (C=O) groups excluding carboxylic acids is 2. The first-order valence-corrected chi connectivity index (χ1v) is 17.4. The molecular formula is C37H34BrClN6O4. The normalized spacial score (nSPS) is 15.5. The van der Waals surface area contributed by atoms with E-state index in [2.05, 4.69) is 31.2 Å². The summed E-state index contributed by atoms with van der Waals surface area (Å²) in [5.74, 6) is 0.0245. The molecule has 0 radical (unpaired) electrons. The van der Waals surface area contributed by atoms with E-state index in [0.29, 0.717) is 32.2 Å². The minimum absolute atomic E-state index is 0.0544. The summed E-state index contributed by atoms with van der Waals surface area (Å²) in [6.45, 7) is 4.38. The van der Waals surface area contributed by atoms with E-state index >= 15 is 0 Å². The van der Waals surface area contributed by atoms with Gasteiger partial charge in [0.1, 0.15) is 17.8 Å². The van der Waals surface area contributed by atoms with Crippen LogP contribution in [0.5, 0.6) is 5.75 Å². The number of aryl methyl sites for hydroxylation is 1. The van der Waals surface area contributed by atoms with Gasteiger partial charge in [-0.3, -0.25) is 18.7 Å². The van der Waals surface area contributed by atoms with Crippen molar-refractivity contribution in [2.75, 3.05) is 0 Å². The summed E-state index contributed by atoms with van der Waals surface area (Å²) in [4.78, 5) is 52.8. The lowest BCUT2D eigenvalue weighted by atomic mass is 10.0. The molecule has 5 aromatic rings. The highest BCUT2D eigenvalue weighted by molar-refractivity contribution is 9.10. The Morgan fingerprint density at radius 2 is 1.82 bits per heavy atom. The van der Waals surface area contributed by atoms with Gasteiger partial charge in [0, 0.05) is 40.4 Å². The lowest BCUT2D eigenvalue weighted by Crippen LogP contribution is -2.47. The number of ether oxygens (including phenoxy) is 1. The maximum absolute atomic E-state index is 14.3. The summed E-state index contributed by atoms with van der Waals surface area (Å²) in [7, 11) is 0. The fourth-order valence-electron chi connectivity index (χ4n) is 6.13. The highest BCUT2D eigenvalue weighted by Crippen LogP contribution is 2.30. The zero-order valence-corrected chi connectivity index (χ0v) is 29.4. The van der Waals surface area contributed by atoms with Crippen LogP contribution in [-0.4, -0.2) is 48.0 Å². The molecule has 10 nitrogen and oxygen atoms in total. The van der Waals surface area contributed by atoms with E-state index < -0.39 is 5.91 Å². The molecule has 1 saturated carbocycles. The molecular weight excluding hydrogens is 708 g/mol. The van der Waals surface area contributed by atoms with Crippen molar-refractivity contribution in [3.63, 3.8) is 0 Å². The fraction of sp³-hybridized carbons (Fsp3) is 0.270. The quantitative estimate of drug-likeness (QED) is 0.183. The number of carbonyl (C=O) groups is 2. The molecule has 0 spiro atoms. The van der Waals surface area contributed by atoms with Crippen LogP contribution < -0.4 is 15.7 Å². The van der Waals surface area contributed by atoms with Crippen LogP contribution in [0.4, 0.5) is 0 Å². The van der Waals surface area contributed by atoms with E-state index in [-0.39, 0.29) is 49.1 Å². The van der Waals surface area contributed by atoms with Crippen LogP contribution in [-0.2, 0) is 26.1 Å². The van der Waals surface area contributed by atoms with Gasteiger partial charge in [-0.1, -0.05) is 42.8 Å². The zero-order valence-electron chi connectivity index (χ0n) is 27.0. The molecule has 0 saturated heterocycles. The van der Waals surface area contributed by atoms with Crippen LogP contribution in [0.15, 0.2) is 88.4 Å². The third kappa shape index (κ3) is 6.65. The minimum Gasteiger partial charge on any atom is -0.490 e. The minimum atomic E-state index is -0.440. The number of imidazole rings is 1. The van der Waals surface area contributed by atoms with Crippen LogP contribution in [0, 0.1) is 0 Å². The second kappa shape index (κ2) is 13.6. The SMILES string of the molecule is CCc1cc(-c2ccccc2CNC(=O)c2c3n(c(=O)n2-c2ccc(OC4CC4)cc2)CC(C)N(C(=O)c2ccc(Br)c(Cl)c2)C3)ncn1. The lowest BCUT2D eigenvalue weighted by molar-refractivity contribution is 0.0610. The first-order valence-electron chi connectivity index (χ1n) is 16.3. The molecule has 1 aliphatic heterocycles. The van der Waals surface area contributed by atoms with Crippen LogP contribution in [0.2, 0.25) is 5.02 Å². The molecule has 2 aromatic heterocycles. The fourth-order valence-corrected chi connectivity index (χ4v) is 6.56. The molecule has 0 bridgehead atoms. The Hall–Kier alpha value is -4.74. The number of rotatable bonds is 9. The lowest BCUT2D eigenvalue weighted by Gasteiger charge is -2.34. The van der Waals surface area contributed by atoms with Gasteiger partial charge < -0.3 is 15.0 Å². The number of aromatic nitrogens is 4. The van der Waals surface area contributed by atoms with Crippen LogP contribution in [0.3, 0.4) is 0 Å². The Labute approximate surface area is 296 Å². The average molecular weight is 742 g/mol. The molecule has 1 atom stereocenters. The van der Waals surface area contributed by atoms with E-state index in [1.165, 1.54) is 4.57 Å². The Morgan fingerprint density at radius 3 is 2.55 bits per heavy atom. The summed E-state index contributed by atoms with van der Waals surface area (Å²) < 4.78 is 9.66. The van der Waals surface area contributed by atoms with Gasteiger partial charge >= 0.3 is 5.69 Å². The maximum atomic E-state index is 14.3. The topological polar surface area (TPSA) is 111 Å². The van der Waals surface area contributed by atoms with Crippen molar-refractivity contribution in [2.24, 2.45) is 0 Å². The standard InChI is InChI=1S/C37H34BrClN6O4/c1-3-25-17-32(42-21-41-25)29-7-5-4-6-24(29)18-40-35(46)34-33-20-43(36(47)23-8-15-30(38)31(39)16-23)22(2)19-44(33)37(48)45(34)26-9-11-27(12-10-26)49-28-13-14-28/h4-12,15-17,21-22,28H,3,13-14,18-20H2,1-2H3,(H,40,46). The molecule has 1 fully saturated rings. The summed E-state index contributed by atoms with van der Waals surface area (Å²) in [5, 5.41) is 3.49. The Kier molecular flexibility index (Phi) is 9.13. The highest BCUT2D eigenvalue weighted by atomic mass is 79.9. The first-order chi connectivity index (χ1) is 23.7. The second-order valence-electron chi connectivity index (χ2n) is 12.3. The second-order valence-corrected chi connectivity index (χ2v) is 13.6. The molecule has 49 heavy (non-hydrogen) atoms. The van der Waals surface area contributed by atoms with Crippen molar-refractivity contribution < 1.29 is 14.3 Å². The summed E-state index contributed by atoms with van der Waals surface area (Å²) in [5.41, 5.74) is 4.63. The van der Waals surface area contributed by atoms with E-state index in [4.69, 9.17) is 16.3 Å². The van der Waals surface area contributed by atoms with Gasteiger partial charge in [-0.15, -0.1) is 0 Å². The van der Waals surface area contributed by atoms with Crippen molar-refractivity contribution in [3.05, 3.63) is 127 Å². The van der Waals surface area contributed by atoms with Gasteiger partial charge in [-0.2, -0.15) is 0 Å². The third-order valence-corrected chi connectivity index (χ3v) is 10.2. The van der Waals surface area contributed by atoms with Gasteiger partial charge in [-0.05, 0) is 96.2 Å². The molecule has 2 aliphatic rings. The Balaban J connectivity index is 1.25. The molecule has 1 N–H and O–H groups in total. The Bertz CT molecular complexity index is 2120. The molecule has 3 heterocycles. The summed E-state index contributed by atoms with van der Waals surface area (Å²) >= 11 is 9.72. The highest BCUT2D eigenvalue weighted by Gasteiger charge is 2.35. The number of hydrogen-bond acceptors (Lipinski definition) is 6. The number of amides is 2. The van der Waals surface area contributed by atoms with Crippen molar-refractivity contribution in [1.82, 2.24) is 29.3 Å². The monoisotopic (exact) mass is 740 g/mol. The van der Waals surface area contributed by atoms with Gasteiger partial charge in [-0.25, -0.2) is 14.8 Å². The summed E-state index contributed by atoms with van der Waals surface area (Å²) in [6.07, 6.45) is 4.59. The van der Waals surface area contributed by atoms with Gasteiger partial charge in [0.15, 0.2) is 0 Å². The molecule has 12 heteroatoms. The third-order valence-electron chi connectivity index (χ3n) is 8.93. The van der Waals surface area contributed by atoms with E-state index in [0.717, 1.165) is 41.8 Å². The van der Waals surface area contributed by atoms with Crippen molar-refractivity contribution >= 4 is 39.3 Å². The molecule has 1 aliphatic carbocycles. The van der Waals surface area contributed by atoms with Crippen molar-refractivity contribution in [1.29, 1.82) is 0 Å². The summed E-state index contributed by atoms with van der Waals surface area (Å²) in [6, 6.07) is 21.6. The first kappa shape index (κ1) is 32.8. The average Bonchev–Trinajstić information content (AvgIpc) is 3.90. The van der Waals surface area contributed by atoms with Crippen LogP contribution >= 0.6 is 27.5 Å². The van der Waals surface area contributed by atoms with Gasteiger partial charge in [0.2, 0.25) is 0 Å². The van der Waals surface area contributed by atoms with Gasteiger partial charge in [0.05, 0.1) is 34.7 Å². The number of hydrogen-bond donors (Lipinski definition) is 1. The number of fused-ring (bicyclic) bond motifs is 1. The van der Waals surface area contributed by atoms with E-state index in [9.17, 15) is 14.4 Å². The number of halogens is 2. The number of benzene rings is 3. The maximum Gasteiger partial charge on any atom is 0.333 e. The van der Waals surface area contributed by atoms with E-state index in [1.807, 2.05) is 56.3 Å². The molecule has 7 rings (SSSR count). The van der Waals surface area contributed by atoms with Crippen molar-refractivity contribution in [2.45, 2.75) is 64.9 Å². The molecule has 250 valence electrons. The van der Waals surface area contributed by atoms with Crippen LogP contribution in [0.1, 0.15) is 64.5 Å². The number of nitrogens with zero attached hydrogens (tertiary/aromatic N) is 5. The number of nitrogens with one attached hydrogen (secondary N) is 1. The predicted octanol–water partition coefficient (Wildman–Crippen LogP) is 6.59. The predicted molar refractivity (Wildman–Crippen MR) is 190 cm³/mol. The largest absolute Gasteiger partial charge is 0.490 e.